The van der Waals surface area contributed by atoms with E-state index in [0.29, 0.717) is 25.7 Å². The highest BCUT2D eigenvalue weighted by molar-refractivity contribution is 5.88. The van der Waals surface area contributed by atoms with E-state index in [9.17, 15) is 0 Å². The standard InChI is InChI=1S/C29H28N2O2/c1-21(2)23-12-5-8-16-27(23)32-19-18-31-26-15-7-6-14-25(26)30-29(31)20-33-28-17-9-11-22-10-3-4-13-24(22)28/h3-17,21H,18-20H2,1-2H3. The summed E-state index contributed by atoms with van der Waals surface area (Å²) in [5, 5.41) is 2.28. The average Bonchev–Trinajstić information content (AvgIpc) is 3.20. The van der Waals surface area contributed by atoms with Gasteiger partial charge in [0.1, 0.15) is 30.5 Å². The molecule has 0 aliphatic carbocycles. The summed E-state index contributed by atoms with van der Waals surface area (Å²) >= 11 is 0. The third kappa shape index (κ3) is 4.42. The number of hydrogen-bond acceptors (Lipinski definition) is 3. The quantitative estimate of drug-likeness (QED) is 0.263. The van der Waals surface area contributed by atoms with Gasteiger partial charge in [-0.05, 0) is 41.1 Å². The minimum Gasteiger partial charge on any atom is -0.491 e. The molecule has 1 aromatic heterocycles. The minimum absolute atomic E-state index is 0.394. The van der Waals surface area contributed by atoms with Crippen LogP contribution >= 0.6 is 0 Å². The highest BCUT2D eigenvalue weighted by Crippen LogP contribution is 2.28. The van der Waals surface area contributed by atoms with Crippen molar-refractivity contribution in [2.75, 3.05) is 6.61 Å². The Balaban J connectivity index is 1.37. The molecule has 0 bridgehead atoms. The van der Waals surface area contributed by atoms with Crippen LogP contribution in [-0.4, -0.2) is 16.2 Å². The zero-order chi connectivity index (χ0) is 22.6. The lowest BCUT2D eigenvalue weighted by atomic mass is 10.0. The first-order chi connectivity index (χ1) is 16.2. The number of imidazole rings is 1. The molecule has 1 heterocycles. The van der Waals surface area contributed by atoms with E-state index in [2.05, 4.69) is 54.8 Å². The molecule has 4 heteroatoms. The van der Waals surface area contributed by atoms with Crippen LogP contribution in [0.25, 0.3) is 21.8 Å². The maximum atomic E-state index is 6.27. The molecular weight excluding hydrogens is 408 g/mol. The predicted molar refractivity (Wildman–Crippen MR) is 134 cm³/mol. The van der Waals surface area contributed by atoms with E-state index in [0.717, 1.165) is 33.7 Å². The van der Waals surface area contributed by atoms with E-state index in [1.54, 1.807) is 0 Å². The summed E-state index contributed by atoms with van der Waals surface area (Å²) in [5.74, 6) is 3.13. The molecule has 0 saturated heterocycles. The van der Waals surface area contributed by atoms with Gasteiger partial charge in [0.15, 0.2) is 0 Å². The van der Waals surface area contributed by atoms with Gasteiger partial charge in [0.2, 0.25) is 0 Å². The summed E-state index contributed by atoms with van der Waals surface area (Å²) in [6, 6.07) is 30.9. The lowest BCUT2D eigenvalue weighted by molar-refractivity contribution is 0.272. The smallest absolute Gasteiger partial charge is 0.148 e. The summed E-state index contributed by atoms with van der Waals surface area (Å²) in [7, 11) is 0. The Labute approximate surface area is 194 Å². The van der Waals surface area contributed by atoms with Crippen LogP contribution in [0.1, 0.15) is 31.2 Å². The zero-order valence-corrected chi connectivity index (χ0v) is 19.1. The number of aromatic nitrogens is 2. The second kappa shape index (κ2) is 9.37. The first-order valence-corrected chi connectivity index (χ1v) is 11.5. The average molecular weight is 437 g/mol. The van der Waals surface area contributed by atoms with Crippen molar-refractivity contribution < 1.29 is 9.47 Å². The van der Waals surface area contributed by atoms with Crippen LogP contribution in [0.2, 0.25) is 0 Å². The molecule has 0 spiro atoms. The molecule has 0 amide bonds. The maximum absolute atomic E-state index is 6.27. The molecule has 166 valence electrons. The second-order valence-corrected chi connectivity index (χ2v) is 8.48. The Morgan fingerprint density at radius 3 is 2.39 bits per heavy atom. The molecule has 4 aromatic carbocycles. The van der Waals surface area contributed by atoms with E-state index in [1.165, 1.54) is 10.9 Å². The van der Waals surface area contributed by atoms with Gasteiger partial charge in [-0.3, -0.25) is 0 Å². The largest absolute Gasteiger partial charge is 0.491 e. The Morgan fingerprint density at radius 1 is 0.758 bits per heavy atom. The molecule has 0 unspecified atom stereocenters. The fourth-order valence-corrected chi connectivity index (χ4v) is 4.28. The van der Waals surface area contributed by atoms with E-state index in [4.69, 9.17) is 14.5 Å². The topological polar surface area (TPSA) is 36.3 Å². The van der Waals surface area contributed by atoms with Gasteiger partial charge in [-0.2, -0.15) is 0 Å². The SMILES string of the molecule is CC(C)c1ccccc1OCCn1c(COc2cccc3ccccc23)nc2ccccc21. The molecule has 4 nitrogen and oxygen atoms in total. The van der Waals surface area contributed by atoms with E-state index >= 15 is 0 Å². The van der Waals surface area contributed by atoms with Crippen molar-refractivity contribution in [1.82, 2.24) is 9.55 Å². The van der Waals surface area contributed by atoms with Crippen LogP contribution in [0.4, 0.5) is 0 Å². The summed E-state index contributed by atoms with van der Waals surface area (Å²) in [6.45, 7) is 6.03. The molecule has 5 rings (SSSR count). The van der Waals surface area contributed by atoms with Gasteiger partial charge in [0.05, 0.1) is 17.6 Å². The van der Waals surface area contributed by atoms with Crippen LogP contribution in [-0.2, 0) is 13.2 Å². The van der Waals surface area contributed by atoms with Gasteiger partial charge in [-0.25, -0.2) is 4.98 Å². The fraction of sp³-hybridized carbons (Fsp3) is 0.207. The van der Waals surface area contributed by atoms with Crippen molar-refractivity contribution in [2.24, 2.45) is 0 Å². The van der Waals surface area contributed by atoms with Crippen molar-refractivity contribution in [2.45, 2.75) is 32.9 Å². The van der Waals surface area contributed by atoms with E-state index in [1.807, 2.05) is 54.6 Å². The number of para-hydroxylation sites is 3. The summed E-state index contributed by atoms with van der Waals surface area (Å²) in [4.78, 5) is 4.86. The monoisotopic (exact) mass is 436 g/mol. The third-order valence-electron chi connectivity index (χ3n) is 5.95. The Kier molecular flexibility index (Phi) is 5.99. The van der Waals surface area contributed by atoms with Gasteiger partial charge in [0.25, 0.3) is 0 Å². The van der Waals surface area contributed by atoms with Crippen molar-refractivity contribution in [3.05, 3.63) is 102 Å². The van der Waals surface area contributed by atoms with Crippen molar-refractivity contribution in [3.8, 4) is 11.5 Å². The van der Waals surface area contributed by atoms with Gasteiger partial charge < -0.3 is 14.0 Å². The van der Waals surface area contributed by atoms with Crippen LogP contribution < -0.4 is 9.47 Å². The third-order valence-corrected chi connectivity index (χ3v) is 5.95. The van der Waals surface area contributed by atoms with Crippen molar-refractivity contribution >= 4 is 21.8 Å². The molecular formula is C29H28N2O2. The maximum Gasteiger partial charge on any atom is 0.148 e. The van der Waals surface area contributed by atoms with Gasteiger partial charge in [-0.1, -0.05) is 80.6 Å². The Morgan fingerprint density at radius 2 is 1.48 bits per heavy atom. The number of nitrogens with zero attached hydrogens (tertiary/aromatic N) is 2. The molecule has 0 fully saturated rings. The van der Waals surface area contributed by atoms with Gasteiger partial charge in [-0.15, -0.1) is 0 Å². The van der Waals surface area contributed by atoms with Gasteiger partial charge in [0, 0.05) is 5.39 Å². The highest BCUT2D eigenvalue weighted by atomic mass is 16.5. The fourth-order valence-electron chi connectivity index (χ4n) is 4.28. The van der Waals surface area contributed by atoms with Gasteiger partial charge >= 0.3 is 0 Å². The van der Waals surface area contributed by atoms with Crippen LogP contribution in [0, 0.1) is 0 Å². The van der Waals surface area contributed by atoms with Crippen molar-refractivity contribution in [3.63, 3.8) is 0 Å². The lowest BCUT2D eigenvalue weighted by Crippen LogP contribution is -2.13. The molecule has 0 aliphatic heterocycles. The first kappa shape index (κ1) is 21.1. The Bertz CT molecular complexity index is 1380. The highest BCUT2D eigenvalue weighted by Gasteiger charge is 2.13. The second-order valence-electron chi connectivity index (χ2n) is 8.48. The Hall–Kier alpha value is -3.79. The molecule has 0 N–H and O–H groups in total. The van der Waals surface area contributed by atoms with Crippen molar-refractivity contribution in [1.29, 1.82) is 0 Å². The first-order valence-electron chi connectivity index (χ1n) is 11.5. The van der Waals surface area contributed by atoms with Crippen LogP contribution in [0.3, 0.4) is 0 Å². The van der Waals surface area contributed by atoms with E-state index < -0.39 is 0 Å². The van der Waals surface area contributed by atoms with Crippen LogP contribution in [0.15, 0.2) is 91.0 Å². The molecule has 0 saturated carbocycles. The predicted octanol–water partition coefficient (Wildman–Crippen LogP) is 6.97. The van der Waals surface area contributed by atoms with Crippen LogP contribution in [0.5, 0.6) is 11.5 Å². The zero-order valence-electron chi connectivity index (χ0n) is 19.1. The molecule has 0 aliphatic rings. The van der Waals surface area contributed by atoms with E-state index in [-0.39, 0.29) is 0 Å². The minimum atomic E-state index is 0.394. The molecule has 0 atom stereocenters. The summed E-state index contributed by atoms with van der Waals surface area (Å²) in [6.07, 6.45) is 0. The number of rotatable bonds is 8. The lowest BCUT2D eigenvalue weighted by Gasteiger charge is -2.15. The number of fused-ring (bicyclic) bond motifs is 2. The molecule has 33 heavy (non-hydrogen) atoms. The normalized spacial score (nSPS) is 11.4. The number of hydrogen-bond donors (Lipinski definition) is 0. The summed E-state index contributed by atoms with van der Waals surface area (Å²) in [5.41, 5.74) is 3.29. The molecule has 0 radical (unpaired) electrons. The molecule has 5 aromatic rings. The number of benzene rings is 4. The summed E-state index contributed by atoms with van der Waals surface area (Å²) < 4.78 is 14.7. The number of ether oxygens (including phenoxy) is 2.